The molecule has 0 atom stereocenters. The van der Waals surface area contributed by atoms with Crippen LogP contribution < -0.4 is 0 Å². The van der Waals surface area contributed by atoms with Gasteiger partial charge in [-0.2, -0.15) is 0 Å². The quantitative estimate of drug-likeness (QED) is 0.611. The zero-order valence-electron chi connectivity index (χ0n) is 6.58. The van der Waals surface area contributed by atoms with Crippen molar-refractivity contribution in [1.29, 1.82) is 0 Å². The first-order chi connectivity index (χ1) is 5.95. The van der Waals surface area contributed by atoms with Crippen molar-refractivity contribution in [2.24, 2.45) is 0 Å². The van der Waals surface area contributed by atoms with Gasteiger partial charge in [-0.3, -0.25) is 0 Å². The second-order valence-corrected chi connectivity index (χ2v) is 3.10. The third-order valence-electron chi connectivity index (χ3n) is 1.64. The maximum Gasteiger partial charge on any atom is 0.164 e. The molecular formula is C6H4Cl2N4OS. The summed E-state index contributed by atoms with van der Waals surface area (Å²) in [4.78, 5) is 0. The molecule has 1 aromatic carbocycles. The molecule has 0 amide bonds. The smallest absolute Gasteiger partial charge is 0.164 e. The molecule has 2 heterocycles. The minimum absolute atomic E-state index is 0. The highest BCUT2D eigenvalue weighted by atomic mass is 35.5. The zero-order valence-corrected chi connectivity index (χ0v) is 9.03. The molecule has 0 saturated heterocycles. The Morgan fingerprint density at radius 1 is 1.07 bits per heavy atom. The van der Waals surface area contributed by atoms with Crippen molar-refractivity contribution in [2.75, 3.05) is 0 Å². The van der Waals surface area contributed by atoms with Crippen LogP contribution in [0.15, 0.2) is 16.8 Å². The molecule has 2 aromatic heterocycles. The Bertz CT molecular complexity index is 501. The predicted molar refractivity (Wildman–Crippen MR) is 57.3 cm³/mol. The number of benzene rings is 1. The second-order valence-electron chi connectivity index (χ2n) is 2.32. The highest BCUT2D eigenvalue weighted by Crippen LogP contribution is 2.22. The highest BCUT2D eigenvalue weighted by molar-refractivity contribution is 7.13. The van der Waals surface area contributed by atoms with Crippen LogP contribution in [0.1, 0.15) is 0 Å². The molecule has 0 aliphatic heterocycles. The van der Waals surface area contributed by atoms with Gasteiger partial charge in [0, 0.05) is 0 Å². The minimum Gasteiger partial charge on any atom is -0.243 e. The molecule has 74 valence electrons. The lowest BCUT2D eigenvalue weighted by Gasteiger charge is -1.82. The van der Waals surface area contributed by atoms with Gasteiger partial charge in [-0.25, -0.2) is 4.63 Å². The maximum atomic E-state index is 4.58. The van der Waals surface area contributed by atoms with Gasteiger partial charge in [0.15, 0.2) is 5.52 Å². The van der Waals surface area contributed by atoms with Gasteiger partial charge in [0.1, 0.15) is 11.0 Å². The second kappa shape index (κ2) is 4.04. The van der Waals surface area contributed by atoms with Crippen molar-refractivity contribution < 1.29 is 4.63 Å². The zero-order chi connectivity index (χ0) is 7.97. The summed E-state index contributed by atoms with van der Waals surface area (Å²) in [5.41, 5.74) is 2.16. The summed E-state index contributed by atoms with van der Waals surface area (Å²) in [6.45, 7) is 0. The van der Waals surface area contributed by atoms with Gasteiger partial charge < -0.3 is 0 Å². The predicted octanol–water partition coefficient (Wildman–Crippen LogP) is 2.07. The van der Waals surface area contributed by atoms with Crippen LogP contribution in [0, 0.1) is 0 Å². The summed E-state index contributed by atoms with van der Waals surface area (Å²) >= 11 is 1.33. The summed E-state index contributed by atoms with van der Waals surface area (Å²) in [5.74, 6) is 0. The SMILES string of the molecule is Cl.Cl.c1cc2snnc2c2nonc12. The van der Waals surface area contributed by atoms with E-state index < -0.39 is 0 Å². The molecule has 0 radical (unpaired) electrons. The van der Waals surface area contributed by atoms with E-state index in [0.717, 1.165) is 15.7 Å². The summed E-state index contributed by atoms with van der Waals surface area (Å²) in [6.07, 6.45) is 0. The minimum atomic E-state index is 0. The molecule has 0 saturated carbocycles. The fraction of sp³-hybridized carbons (Fsp3) is 0. The van der Waals surface area contributed by atoms with E-state index in [0.29, 0.717) is 5.52 Å². The highest BCUT2D eigenvalue weighted by Gasteiger charge is 2.07. The average molecular weight is 251 g/mol. The van der Waals surface area contributed by atoms with Gasteiger partial charge in [-0.15, -0.1) is 29.9 Å². The Morgan fingerprint density at radius 2 is 1.93 bits per heavy atom. The summed E-state index contributed by atoms with van der Waals surface area (Å²) < 4.78 is 9.39. The van der Waals surface area contributed by atoms with Crippen molar-refractivity contribution in [2.45, 2.75) is 0 Å². The van der Waals surface area contributed by atoms with Crippen LogP contribution in [0.4, 0.5) is 0 Å². The molecule has 0 aliphatic carbocycles. The van der Waals surface area contributed by atoms with Crippen molar-refractivity contribution in [3.63, 3.8) is 0 Å². The van der Waals surface area contributed by atoms with Crippen LogP contribution in [0.25, 0.3) is 21.3 Å². The molecule has 5 nitrogen and oxygen atoms in total. The molecule has 8 heteroatoms. The van der Waals surface area contributed by atoms with E-state index in [2.05, 4.69) is 24.5 Å². The molecule has 0 fully saturated rings. The molecule has 0 bridgehead atoms. The normalized spacial score (nSPS) is 9.71. The molecule has 3 aromatic rings. The first-order valence-corrected chi connectivity index (χ1v) is 4.06. The van der Waals surface area contributed by atoms with Crippen molar-refractivity contribution in [3.05, 3.63) is 12.1 Å². The summed E-state index contributed by atoms with van der Waals surface area (Å²) in [6, 6.07) is 3.75. The lowest BCUT2D eigenvalue weighted by molar-refractivity contribution is 0.315. The van der Waals surface area contributed by atoms with Crippen LogP contribution in [0.2, 0.25) is 0 Å². The van der Waals surface area contributed by atoms with E-state index in [1.165, 1.54) is 11.5 Å². The fourth-order valence-electron chi connectivity index (χ4n) is 1.09. The molecular weight excluding hydrogens is 247 g/mol. The third kappa shape index (κ3) is 1.41. The van der Waals surface area contributed by atoms with Crippen molar-refractivity contribution in [3.8, 4) is 0 Å². The number of hydrogen-bond acceptors (Lipinski definition) is 6. The fourth-order valence-corrected chi connectivity index (χ4v) is 1.66. The lowest BCUT2D eigenvalue weighted by Crippen LogP contribution is -1.72. The molecule has 0 unspecified atom stereocenters. The van der Waals surface area contributed by atoms with Crippen LogP contribution in [-0.4, -0.2) is 19.9 Å². The third-order valence-corrected chi connectivity index (χ3v) is 2.33. The van der Waals surface area contributed by atoms with E-state index in [1.807, 2.05) is 12.1 Å². The maximum absolute atomic E-state index is 4.58. The van der Waals surface area contributed by atoms with Crippen molar-refractivity contribution in [1.82, 2.24) is 19.9 Å². The standard InChI is InChI=1S/C6H2N4OS.2ClH/c1-2-4-6(7-10-12-4)5-3(1)8-11-9-5;;/h1-2H;2*1H. The molecule has 14 heavy (non-hydrogen) atoms. The number of hydrogen-bond donors (Lipinski definition) is 0. The van der Waals surface area contributed by atoms with E-state index in [9.17, 15) is 0 Å². The number of fused-ring (bicyclic) bond motifs is 3. The van der Waals surface area contributed by atoms with E-state index in [1.54, 1.807) is 0 Å². The average Bonchev–Trinajstić information content (AvgIpc) is 2.71. The van der Waals surface area contributed by atoms with Crippen molar-refractivity contribution >= 4 is 57.6 Å². The lowest BCUT2D eigenvalue weighted by atomic mass is 10.3. The van der Waals surface area contributed by atoms with Gasteiger partial charge in [0.2, 0.25) is 0 Å². The molecule has 3 rings (SSSR count). The largest absolute Gasteiger partial charge is 0.243 e. The molecule has 0 aliphatic rings. The van der Waals surface area contributed by atoms with Crippen LogP contribution in [0.3, 0.4) is 0 Å². The number of aromatic nitrogens is 4. The van der Waals surface area contributed by atoms with E-state index in [-0.39, 0.29) is 24.8 Å². The Morgan fingerprint density at radius 3 is 2.79 bits per heavy atom. The molecule has 0 N–H and O–H groups in total. The van der Waals surface area contributed by atoms with Gasteiger partial charge >= 0.3 is 0 Å². The summed E-state index contributed by atoms with van der Waals surface area (Å²) in [5, 5.41) is 11.4. The Hall–Kier alpha value is -0.980. The molecule has 0 spiro atoms. The Kier molecular flexibility index (Phi) is 3.20. The van der Waals surface area contributed by atoms with Crippen LogP contribution in [0.5, 0.6) is 0 Å². The Balaban J connectivity index is 0.000000490. The van der Waals surface area contributed by atoms with E-state index in [4.69, 9.17) is 0 Å². The first-order valence-electron chi connectivity index (χ1n) is 3.28. The van der Waals surface area contributed by atoms with Gasteiger partial charge in [0.25, 0.3) is 0 Å². The van der Waals surface area contributed by atoms with Crippen LogP contribution in [-0.2, 0) is 0 Å². The first kappa shape index (κ1) is 11.1. The monoisotopic (exact) mass is 250 g/mol. The summed E-state index contributed by atoms with van der Waals surface area (Å²) in [7, 11) is 0. The number of halogens is 2. The van der Waals surface area contributed by atoms with Crippen LogP contribution >= 0.6 is 36.3 Å². The van der Waals surface area contributed by atoms with Gasteiger partial charge in [-0.1, -0.05) is 4.49 Å². The van der Waals surface area contributed by atoms with E-state index >= 15 is 0 Å². The number of rotatable bonds is 0. The Labute approximate surface area is 94.4 Å². The van der Waals surface area contributed by atoms with Gasteiger partial charge in [-0.05, 0) is 34.0 Å². The topological polar surface area (TPSA) is 64.7 Å². The number of nitrogens with zero attached hydrogens (tertiary/aromatic N) is 4. The van der Waals surface area contributed by atoms with Gasteiger partial charge in [0.05, 0.1) is 4.70 Å².